The number of nitrogens with zero attached hydrogens (tertiary/aromatic N) is 1. The molecule has 0 aromatic heterocycles. The number of para-hydroxylation sites is 1. The first-order valence-electron chi connectivity index (χ1n) is 6.91. The van der Waals surface area contributed by atoms with Gasteiger partial charge in [0.2, 0.25) is 0 Å². The van der Waals surface area contributed by atoms with Gasteiger partial charge in [0.1, 0.15) is 5.82 Å². The van der Waals surface area contributed by atoms with Gasteiger partial charge in [0.25, 0.3) is 0 Å². The third kappa shape index (κ3) is 2.66. The molecule has 1 unspecified atom stereocenters. The van der Waals surface area contributed by atoms with Gasteiger partial charge in [-0.1, -0.05) is 19.1 Å². The maximum absolute atomic E-state index is 13.9. The van der Waals surface area contributed by atoms with Gasteiger partial charge in [-0.3, -0.25) is 0 Å². The zero-order chi connectivity index (χ0) is 13.0. The lowest BCUT2D eigenvalue weighted by Crippen LogP contribution is -2.39. The lowest BCUT2D eigenvalue weighted by molar-refractivity contribution is 0.312. The number of nitrogens with one attached hydrogen (secondary N) is 1. The summed E-state index contributed by atoms with van der Waals surface area (Å²) >= 11 is 0. The van der Waals surface area contributed by atoms with Crippen molar-refractivity contribution in [1.82, 2.24) is 5.32 Å². The number of anilines is 1. The van der Waals surface area contributed by atoms with Crippen molar-refractivity contribution < 1.29 is 4.39 Å². The quantitative estimate of drug-likeness (QED) is 0.864. The summed E-state index contributed by atoms with van der Waals surface area (Å²) in [5.41, 5.74) is 1.04. The van der Waals surface area contributed by atoms with Crippen LogP contribution in [0.2, 0.25) is 0 Å². The van der Waals surface area contributed by atoms with Gasteiger partial charge in [0, 0.05) is 25.0 Å². The van der Waals surface area contributed by atoms with Crippen LogP contribution in [-0.4, -0.2) is 26.2 Å². The fourth-order valence-corrected chi connectivity index (χ4v) is 2.82. The first-order valence-corrected chi connectivity index (χ1v) is 6.91. The molecular weight excluding hydrogens is 227 g/mol. The van der Waals surface area contributed by atoms with Crippen molar-refractivity contribution >= 4 is 5.69 Å². The van der Waals surface area contributed by atoms with E-state index < -0.39 is 0 Å². The van der Waals surface area contributed by atoms with E-state index in [4.69, 9.17) is 0 Å². The summed E-state index contributed by atoms with van der Waals surface area (Å²) in [4.78, 5) is 2.17. The average molecular weight is 250 g/mol. The van der Waals surface area contributed by atoms with Crippen LogP contribution in [0.15, 0.2) is 24.3 Å². The minimum atomic E-state index is -0.114. The van der Waals surface area contributed by atoms with Gasteiger partial charge >= 0.3 is 0 Å². The van der Waals surface area contributed by atoms with E-state index in [2.05, 4.69) is 24.1 Å². The van der Waals surface area contributed by atoms with Crippen molar-refractivity contribution in [3.63, 3.8) is 0 Å². The third-order valence-corrected chi connectivity index (χ3v) is 4.18. The molecule has 1 aromatic rings. The van der Waals surface area contributed by atoms with E-state index in [-0.39, 0.29) is 5.82 Å². The maximum atomic E-state index is 13.9. The molecule has 0 bridgehead atoms. The Balaban J connectivity index is 2.17. The van der Waals surface area contributed by atoms with Gasteiger partial charge in [0.05, 0.1) is 5.69 Å². The first kappa shape index (κ1) is 13.3. The van der Waals surface area contributed by atoms with Crippen molar-refractivity contribution in [2.45, 2.75) is 26.7 Å². The smallest absolute Gasteiger partial charge is 0.146 e. The Morgan fingerprint density at radius 3 is 2.67 bits per heavy atom. The number of halogens is 1. The minimum absolute atomic E-state index is 0.114. The summed E-state index contributed by atoms with van der Waals surface area (Å²) < 4.78 is 13.9. The van der Waals surface area contributed by atoms with E-state index in [1.165, 1.54) is 6.42 Å². The third-order valence-electron chi connectivity index (χ3n) is 4.18. The maximum Gasteiger partial charge on any atom is 0.146 e. The van der Waals surface area contributed by atoms with E-state index in [1.54, 1.807) is 12.1 Å². The molecule has 1 atom stereocenters. The van der Waals surface area contributed by atoms with Gasteiger partial charge in [-0.2, -0.15) is 0 Å². The van der Waals surface area contributed by atoms with Crippen molar-refractivity contribution in [3.05, 3.63) is 30.1 Å². The molecule has 1 aliphatic heterocycles. The highest BCUT2D eigenvalue weighted by Crippen LogP contribution is 2.32. The minimum Gasteiger partial charge on any atom is -0.369 e. The molecule has 1 fully saturated rings. The molecule has 0 amide bonds. The Labute approximate surface area is 109 Å². The standard InChI is InChI=1S/C15H23FN2/c1-3-15(9-10-17-11-15)12-18(4-2)14-8-6-5-7-13(14)16/h5-8,17H,3-4,9-12H2,1-2H3. The van der Waals surface area contributed by atoms with Crippen molar-refractivity contribution in [3.8, 4) is 0 Å². The molecule has 0 radical (unpaired) electrons. The Kier molecular flexibility index (Phi) is 4.23. The second-order valence-corrected chi connectivity index (χ2v) is 5.25. The Morgan fingerprint density at radius 1 is 1.33 bits per heavy atom. The van der Waals surface area contributed by atoms with E-state index in [9.17, 15) is 4.39 Å². The van der Waals surface area contributed by atoms with Crippen LogP contribution in [0, 0.1) is 11.2 Å². The highest BCUT2D eigenvalue weighted by Gasteiger charge is 2.34. The summed E-state index contributed by atoms with van der Waals surface area (Å²) in [5, 5.41) is 3.44. The predicted molar refractivity (Wildman–Crippen MR) is 74.5 cm³/mol. The number of rotatable bonds is 5. The van der Waals surface area contributed by atoms with Crippen molar-refractivity contribution in [2.75, 3.05) is 31.1 Å². The molecule has 1 N–H and O–H groups in total. The Bertz CT molecular complexity index is 386. The van der Waals surface area contributed by atoms with Gasteiger partial charge in [-0.15, -0.1) is 0 Å². The van der Waals surface area contributed by atoms with E-state index in [0.29, 0.717) is 5.41 Å². The largest absolute Gasteiger partial charge is 0.369 e. The predicted octanol–water partition coefficient (Wildman–Crippen LogP) is 3.04. The Hall–Kier alpha value is -1.09. The van der Waals surface area contributed by atoms with Crippen LogP contribution in [0.3, 0.4) is 0 Å². The van der Waals surface area contributed by atoms with Crippen LogP contribution in [-0.2, 0) is 0 Å². The van der Waals surface area contributed by atoms with Crippen LogP contribution in [0.1, 0.15) is 26.7 Å². The molecule has 0 aliphatic carbocycles. The fourth-order valence-electron chi connectivity index (χ4n) is 2.82. The topological polar surface area (TPSA) is 15.3 Å². The molecule has 3 heteroatoms. The molecule has 100 valence electrons. The highest BCUT2D eigenvalue weighted by molar-refractivity contribution is 5.47. The van der Waals surface area contributed by atoms with Gasteiger partial charge in [-0.05, 0) is 38.4 Å². The second kappa shape index (κ2) is 5.70. The average Bonchev–Trinajstić information content (AvgIpc) is 2.86. The van der Waals surface area contributed by atoms with Crippen molar-refractivity contribution in [1.29, 1.82) is 0 Å². The van der Waals surface area contributed by atoms with Crippen LogP contribution in [0.4, 0.5) is 10.1 Å². The van der Waals surface area contributed by atoms with Crippen LogP contribution < -0.4 is 10.2 Å². The molecule has 0 spiro atoms. The molecule has 1 aromatic carbocycles. The Morgan fingerprint density at radius 2 is 2.11 bits per heavy atom. The summed E-state index contributed by atoms with van der Waals surface area (Å²) in [7, 11) is 0. The molecule has 1 saturated heterocycles. The molecule has 2 rings (SSSR count). The SMILES string of the molecule is CCN(CC1(CC)CCNC1)c1ccccc1F. The van der Waals surface area contributed by atoms with E-state index in [1.807, 2.05) is 12.1 Å². The zero-order valence-electron chi connectivity index (χ0n) is 11.4. The van der Waals surface area contributed by atoms with Crippen LogP contribution >= 0.6 is 0 Å². The molecular formula is C15H23FN2. The molecule has 1 aliphatic rings. The highest BCUT2D eigenvalue weighted by atomic mass is 19.1. The zero-order valence-corrected chi connectivity index (χ0v) is 11.4. The van der Waals surface area contributed by atoms with Gasteiger partial charge in [0.15, 0.2) is 0 Å². The number of hydrogen-bond acceptors (Lipinski definition) is 2. The summed E-state index contributed by atoms with van der Waals surface area (Å²) in [6.07, 6.45) is 2.33. The summed E-state index contributed by atoms with van der Waals surface area (Å²) in [6.45, 7) is 8.26. The molecule has 1 heterocycles. The number of benzene rings is 1. The van der Waals surface area contributed by atoms with Gasteiger partial charge < -0.3 is 10.2 Å². The number of hydrogen-bond donors (Lipinski definition) is 1. The lowest BCUT2D eigenvalue weighted by Gasteiger charge is -2.35. The lowest BCUT2D eigenvalue weighted by atomic mass is 9.83. The van der Waals surface area contributed by atoms with Crippen molar-refractivity contribution in [2.24, 2.45) is 5.41 Å². The monoisotopic (exact) mass is 250 g/mol. The summed E-state index contributed by atoms with van der Waals surface area (Å²) in [5.74, 6) is -0.114. The molecule has 0 saturated carbocycles. The second-order valence-electron chi connectivity index (χ2n) is 5.25. The normalized spacial score (nSPS) is 23.3. The van der Waals surface area contributed by atoms with Gasteiger partial charge in [-0.25, -0.2) is 4.39 Å². The van der Waals surface area contributed by atoms with Crippen LogP contribution in [0.5, 0.6) is 0 Å². The first-order chi connectivity index (χ1) is 8.71. The van der Waals surface area contributed by atoms with E-state index >= 15 is 0 Å². The molecule has 18 heavy (non-hydrogen) atoms. The summed E-state index contributed by atoms with van der Waals surface area (Å²) in [6, 6.07) is 7.08. The van der Waals surface area contributed by atoms with Crippen LogP contribution in [0.25, 0.3) is 0 Å². The van der Waals surface area contributed by atoms with E-state index in [0.717, 1.165) is 38.3 Å². The molecule has 2 nitrogen and oxygen atoms in total. The fraction of sp³-hybridized carbons (Fsp3) is 0.600.